The molecule has 6 heteroatoms. The molecule has 27 heavy (non-hydrogen) atoms. The summed E-state index contributed by atoms with van der Waals surface area (Å²) in [5, 5.41) is 3.52. The van der Waals surface area contributed by atoms with E-state index in [1.807, 2.05) is 24.3 Å². The highest BCUT2D eigenvalue weighted by molar-refractivity contribution is 6.30. The van der Waals surface area contributed by atoms with E-state index in [4.69, 9.17) is 21.1 Å². The van der Waals surface area contributed by atoms with Crippen LogP contribution in [0.4, 0.5) is 5.69 Å². The number of carbonyl (C=O) groups excluding carboxylic acids is 1. The first kappa shape index (κ1) is 19.5. The van der Waals surface area contributed by atoms with Crippen molar-refractivity contribution in [2.75, 3.05) is 32.6 Å². The van der Waals surface area contributed by atoms with Crippen LogP contribution >= 0.6 is 11.6 Å². The molecule has 0 saturated carbocycles. The fourth-order valence-electron chi connectivity index (χ4n) is 3.57. The smallest absolute Gasteiger partial charge is 0.225 e. The minimum absolute atomic E-state index is 0.00962. The van der Waals surface area contributed by atoms with Crippen LogP contribution in [-0.4, -0.2) is 38.1 Å². The molecule has 0 aliphatic carbocycles. The van der Waals surface area contributed by atoms with Crippen molar-refractivity contribution in [1.29, 1.82) is 0 Å². The molecule has 5 nitrogen and oxygen atoms in total. The standard InChI is InChI=1S/C21H25ClN2O3/c1-26-17-8-9-18(20(14-17)27-2)19-7-4-11-24(19)12-10-21(25)23-16-6-3-5-15(22)13-16/h3,5-6,8-9,13-14,19H,4,7,10-12H2,1-2H3,(H,23,25). The van der Waals surface area contributed by atoms with Gasteiger partial charge < -0.3 is 14.8 Å². The third kappa shape index (κ3) is 4.93. The van der Waals surface area contributed by atoms with E-state index in [9.17, 15) is 4.79 Å². The Kier molecular flexibility index (Phi) is 6.58. The summed E-state index contributed by atoms with van der Waals surface area (Å²) in [5.41, 5.74) is 1.87. The Morgan fingerprint density at radius 2 is 2.07 bits per heavy atom. The maximum absolute atomic E-state index is 12.3. The van der Waals surface area contributed by atoms with Gasteiger partial charge in [-0.1, -0.05) is 23.7 Å². The normalized spacial score (nSPS) is 16.9. The molecule has 144 valence electrons. The zero-order valence-corrected chi connectivity index (χ0v) is 16.5. The summed E-state index contributed by atoms with van der Waals surface area (Å²) in [6.45, 7) is 1.68. The SMILES string of the molecule is COc1ccc(C2CCCN2CCC(=O)Nc2cccc(Cl)c2)c(OC)c1. The van der Waals surface area contributed by atoms with E-state index < -0.39 is 0 Å². The second-order valence-electron chi connectivity index (χ2n) is 6.61. The summed E-state index contributed by atoms with van der Waals surface area (Å²) < 4.78 is 10.9. The highest BCUT2D eigenvalue weighted by Crippen LogP contribution is 2.38. The second kappa shape index (κ2) is 9.11. The predicted octanol–water partition coefficient (Wildman–Crippen LogP) is 4.52. The number of halogens is 1. The molecule has 3 rings (SSSR count). The Labute approximate surface area is 165 Å². The molecule has 1 N–H and O–H groups in total. The quantitative estimate of drug-likeness (QED) is 0.757. The monoisotopic (exact) mass is 388 g/mol. The largest absolute Gasteiger partial charge is 0.497 e. The molecule has 2 aromatic rings. The zero-order valence-electron chi connectivity index (χ0n) is 15.7. The Morgan fingerprint density at radius 3 is 2.81 bits per heavy atom. The van der Waals surface area contributed by atoms with Gasteiger partial charge >= 0.3 is 0 Å². The van der Waals surface area contributed by atoms with Gasteiger partial charge in [-0.25, -0.2) is 0 Å². The van der Waals surface area contributed by atoms with E-state index >= 15 is 0 Å². The topological polar surface area (TPSA) is 50.8 Å². The van der Waals surface area contributed by atoms with Gasteiger partial charge in [-0.2, -0.15) is 0 Å². The molecule has 0 bridgehead atoms. The van der Waals surface area contributed by atoms with Gasteiger partial charge in [-0.15, -0.1) is 0 Å². The molecular weight excluding hydrogens is 364 g/mol. The van der Waals surface area contributed by atoms with Crippen LogP contribution in [0.5, 0.6) is 11.5 Å². The van der Waals surface area contributed by atoms with Crippen molar-refractivity contribution >= 4 is 23.2 Å². The average Bonchev–Trinajstić information content (AvgIpc) is 3.14. The van der Waals surface area contributed by atoms with Crippen LogP contribution in [0.15, 0.2) is 42.5 Å². The van der Waals surface area contributed by atoms with Crippen LogP contribution in [0.25, 0.3) is 0 Å². The van der Waals surface area contributed by atoms with E-state index in [1.54, 1.807) is 26.4 Å². The summed E-state index contributed by atoms with van der Waals surface area (Å²) in [6, 6.07) is 13.4. The van der Waals surface area contributed by atoms with Crippen molar-refractivity contribution in [1.82, 2.24) is 4.90 Å². The van der Waals surface area contributed by atoms with Gasteiger partial charge in [0, 0.05) is 41.3 Å². The number of hydrogen-bond acceptors (Lipinski definition) is 4. The van der Waals surface area contributed by atoms with Gasteiger partial charge in [0.25, 0.3) is 0 Å². The Balaban J connectivity index is 1.62. The molecule has 2 aromatic carbocycles. The third-order valence-electron chi connectivity index (χ3n) is 4.90. The lowest BCUT2D eigenvalue weighted by Gasteiger charge is -2.26. The van der Waals surface area contributed by atoms with Crippen molar-refractivity contribution in [3.8, 4) is 11.5 Å². The minimum Gasteiger partial charge on any atom is -0.497 e. The maximum Gasteiger partial charge on any atom is 0.225 e. The molecule has 1 unspecified atom stereocenters. The van der Waals surface area contributed by atoms with Crippen molar-refractivity contribution < 1.29 is 14.3 Å². The summed E-state index contributed by atoms with van der Waals surface area (Å²) in [6.07, 6.45) is 2.59. The lowest BCUT2D eigenvalue weighted by Crippen LogP contribution is -2.28. The van der Waals surface area contributed by atoms with E-state index in [2.05, 4.69) is 16.3 Å². The first-order chi connectivity index (χ1) is 13.1. The van der Waals surface area contributed by atoms with E-state index in [0.29, 0.717) is 18.0 Å². The number of rotatable bonds is 7. The van der Waals surface area contributed by atoms with Gasteiger partial charge in [0.2, 0.25) is 5.91 Å². The molecule has 1 saturated heterocycles. The fraction of sp³-hybridized carbons (Fsp3) is 0.381. The van der Waals surface area contributed by atoms with Gasteiger partial charge in [-0.3, -0.25) is 9.69 Å². The van der Waals surface area contributed by atoms with Crippen LogP contribution in [0.3, 0.4) is 0 Å². The third-order valence-corrected chi connectivity index (χ3v) is 5.13. The number of likely N-dealkylation sites (tertiary alicyclic amines) is 1. The lowest BCUT2D eigenvalue weighted by atomic mass is 10.0. The number of benzene rings is 2. The first-order valence-corrected chi connectivity index (χ1v) is 9.50. The van der Waals surface area contributed by atoms with Crippen LogP contribution < -0.4 is 14.8 Å². The molecule has 0 aromatic heterocycles. The number of hydrogen-bond donors (Lipinski definition) is 1. The van der Waals surface area contributed by atoms with Crippen LogP contribution in [-0.2, 0) is 4.79 Å². The number of nitrogens with zero attached hydrogens (tertiary/aromatic N) is 1. The maximum atomic E-state index is 12.3. The van der Waals surface area contributed by atoms with E-state index in [1.165, 1.54) is 0 Å². The molecular formula is C21H25ClN2O3. The summed E-state index contributed by atoms with van der Waals surface area (Å²) in [4.78, 5) is 14.7. The van der Waals surface area contributed by atoms with Crippen molar-refractivity contribution in [2.24, 2.45) is 0 Å². The average molecular weight is 389 g/mol. The Morgan fingerprint density at radius 1 is 1.22 bits per heavy atom. The number of amides is 1. The molecule has 1 fully saturated rings. The number of anilines is 1. The minimum atomic E-state index is -0.00962. The molecule has 1 amide bonds. The van der Waals surface area contributed by atoms with Crippen molar-refractivity contribution in [3.05, 3.63) is 53.1 Å². The predicted molar refractivity (Wildman–Crippen MR) is 108 cm³/mol. The Bertz CT molecular complexity index is 797. The van der Waals surface area contributed by atoms with Gasteiger partial charge in [0.1, 0.15) is 11.5 Å². The van der Waals surface area contributed by atoms with Crippen LogP contribution in [0, 0.1) is 0 Å². The van der Waals surface area contributed by atoms with E-state index in [-0.39, 0.29) is 11.9 Å². The number of ether oxygens (including phenoxy) is 2. The van der Waals surface area contributed by atoms with Gasteiger partial charge in [-0.05, 0) is 43.7 Å². The summed E-state index contributed by atoms with van der Waals surface area (Å²) in [5.74, 6) is 1.60. The van der Waals surface area contributed by atoms with Crippen LogP contribution in [0.1, 0.15) is 30.9 Å². The molecule has 1 atom stereocenters. The number of nitrogens with one attached hydrogen (secondary N) is 1. The molecule has 1 aliphatic rings. The van der Waals surface area contributed by atoms with Gasteiger partial charge in [0.05, 0.1) is 14.2 Å². The molecule has 1 aliphatic heterocycles. The van der Waals surface area contributed by atoms with Crippen molar-refractivity contribution in [3.63, 3.8) is 0 Å². The molecule has 1 heterocycles. The highest BCUT2D eigenvalue weighted by Gasteiger charge is 2.28. The number of carbonyl (C=O) groups is 1. The summed E-state index contributed by atoms with van der Waals surface area (Å²) in [7, 11) is 3.32. The Hall–Kier alpha value is -2.24. The van der Waals surface area contributed by atoms with Crippen LogP contribution in [0.2, 0.25) is 5.02 Å². The second-order valence-corrected chi connectivity index (χ2v) is 7.05. The van der Waals surface area contributed by atoms with E-state index in [0.717, 1.165) is 42.1 Å². The fourth-order valence-corrected chi connectivity index (χ4v) is 3.76. The lowest BCUT2D eigenvalue weighted by molar-refractivity contribution is -0.116. The summed E-state index contributed by atoms with van der Waals surface area (Å²) >= 11 is 5.97. The highest BCUT2D eigenvalue weighted by atomic mass is 35.5. The number of methoxy groups -OCH3 is 2. The molecule has 0 radical (unpaired) electrons. The molecule has 0 spiro atoms. The van der Waals surface area contributed by atoms with Crippen molar-refractivity contribution in [2.45, 2.75) is 25.3 Å². The zero-order chi connectivity index (χ0) is 19.2. The van der Waals surface area contributed by atoms with Gasteiger partial charge in [0.15, 0.2) is 0 Å². The first-order valence-electron chi connectivity index (χ1n) is 9.12.